The maximum Gasteiger partial charge on any atom is 0.325 e. The number of likely N-dealkylation sites (tertiary alicyclic amines) is 2. The van der Waals surface area contributed by atoms with Gasteiger partial charge in [0.2, 0.25) is 5.91 Å². The molecule has 194 valence electrons. The molecule has 2 fully saturated rings. The number of aliphatic carboxylic acids is 1. The van der Waals surface area contributed by atoms with E-state index in [0.29, 0.717) is 21.3 Å². The minimum Gasteiger partial charge on any atom is -0.490 e. The van der Waals surface area contributed by atoms with Gasteiger partial charge in [0.1, 0.15) is 17.9 Å². The normalized spacial score (nSPS) is 20.6. The van der Waals surface area contributed by atoms with Gasteiger partial charge in [0.25, 0.3) is 0 Å². The SMILES string of the molecule is CC(=O)Nc1cccc(C(C(=O)O)N2CCCCC2CN2CCC(Oc3ccc(Cl)c(Cl)c3)CC2)c1. The molecule has 1 amide bonds. The number of benzene rings is 2. The molecule has 2 heterocycles. The lowest BCUT2D eigenvalue weighted by Gasteiger charge is -2.43. The summed E-state index contributed by atoms with van der Waals surface area (Å²) in [5.41, 5.74) is 1.30. The van der Waals surface area contributed by atoms with Crippen LogP contribution in [0.2, 0.25) is 10.0 Å². The Balaban J connectivity index is 1.39. The van der Waals surface area contributed by atoms with Crippen LogP contribution in [-0.4, -0.2) is 65.1 Å². The van der Waals surface area contributed by atoms with Crippen LogP contribution in [0.15, 0.2) is 42.5 Å². The van der Waals surface area contributed by atoms with Gasteiger partial charge in [-0.15, -0.1) is 0 Å². The highest BCUT2D eigenvalue weighted by molar-refractivity contribution is 6.42. The zero-order valence-corrected chi connectivity index (χ0v) is 22.0. The number of halogens is 2. The number of ether oxygens (including phenoxy) is 1. The third-order valence-electron chi connectivity index (χ3n) is 6.96. The number of nitrogens with zero attached hydrogens (tertiary/aromatic N) is 2. The number of carboxylic acids is 1. The molecule has 36 heavy (non-hydrogen) atoms. The number of nitrogens with one attached hydrogen (secondary N) is 1. The number of carbonyl (C=O) groups excluding carboxylic acids is 1. The van der Waals surface area contributed by atoms with E-state index in [1.54, 1.807) is 30.3 Å². The van der Waals surface area contributed by atoms with Crippen LogP contribution in [0.4, 0.5) is 5.69 Å². The molecule has 9 heteroatoms. The van der Waals surface area contributed by atoms with Gasteiger partial charge >= 0.3 is 5.97 Å². The lowest BCUT2D eigenvalue weighted by atomic mass is 9.95. The van der Waals surface area contributed by atoms with E-state index in [1.807, 2.05) is 12.1 Å². The number of rotatable bonds is 8. The van der Waals surface area contributed by atoms with Crippen LogP contribution in [0, 0.1) is 0 Å². The highest BCUT2D eigenvalue weighted by Crippen LogP contribution is 2.32. The van der Waals surface area contributed by atoms with Crippen LogP contribution in [0.1, 0.15) is 50.6 Å². The summed E-state index contributed by atoms with van der Waals surface area (Å²) in [4.78, 5) is 28.5. The number of carboxylic acid groups (broad SMARTS) is 1. The van der Waals surface area contributed by atoms with Gasteiger partial charge in [0.05, 0.1) is 10.0 Å². The lowest BCUT2D eigenvalue weighted by Crippen LogP contribution is -2.51. The maximum atomic E-state index is 12.5. The zero-order valence-electron chi connectivity index (χ0n) is 20.5. The molecule has 7 nitrogen and oxygen atoms in total. The van der Waals surface area contributed by atoms with E-state index in [-0.39, 0.29) is 18.1 Å². The van der Waals surface area contributed by atoms with Crippen LogP contribution in [0.5, 0.6) is 5.75 Å². The van der Waals surface area contributed by atoms with Crippen LogP contribution in [0.3, 0.4) is 0 Å². The average molecular weight is 534 g/mol. The van der Waals surface area contributed by atoms with Gasteiger partial charge in [0.15, 0.2) is 0 Å². The number of anilines is 1. The first-order chi connectivity index (χ1) is 17.3. The van der Waals surface area contributed by atoms with Gasteiger partial charge in [-0.05, 0) is 62.1 Å². The minimum absolute atomic E-state index is 0.115. The zero-order chi connectivity index (χ0) is 25.7. The molecular formula is C27H33Cl2N3O4. The van der Waals surface area contributed by atoms with Crippen molar-refractivity contribution in [1.29, 1.82) is 0 Å². The molecule has 4 rings (SSSR count). The van der Waals surface area contributed by atoms with Crippen molar-refractivity contribution in [1.82, 2.24) is 9.80 Å². The van der Waals surface area contributed by atoms with Crippen molar-refractivity contribution in [2.75, 3.05) is 31.5 Å². The summed E-state index contributed by atoms with van der Waals surface area (Å²) in [6.07, 6.45) is 4.95. The second kappa shape index (κ2) is 12.3. The molecular weight excluding hydrogens is 501 g/mol. The number of hydrogen-bond acceptors (Lipinski definition) is 5. The number of carbonyl (C=O) groups is 2. The second-order valence-corrected chi connectivity index (χ2v) is 10.4. The highest BCUT2D eigenvalue weighted by atomic mass is 35.5. The maximum absolute atomic E-state index is 12.5. The first kappa shape index (κ1) is 26.7. The van der Waals surface area contributed by atoms with E-state index in [0.717, 1.165) is 64.0 Å². The molecule has 2 aliphatic rings. The molecule has 2 atom stereocenters. The Labute approximate surface area is 222 Å². The molecule has 0 aliphatic carbocycles. The van der Waals surface area contributed by atoms with Gasteiger partial charge in [-0.1, -0.05) is 41.8 Å². The fourth-order valence-electron chi connectivity index (χ4n) is 5.27. The van der Waals surface area contributed by atoms with Crippen molar-refractivity contribution in [3.63, 3.8) is 0 Å². The molecule has 2 unspecified atom stereocenters. The number of hydrogen-bond donors (Lipinski definition) is 2. The van der Waals surface area contributed by atoms with Crippen molar-refractivity contribution in [2.24, 2.45) is 0 Å². The monoisotopic (exact) mass is 533 g/mol. The Morgan fingerprint density at radius 2 is 1.83 bits per heavy atom. The standard InChI is InChI=1S/C27H33Cl2N3O4/c1-18(33)30-20-6-4-5-19(15-20)26(27(34)35)32-12-3-2-7-21(32)17-31-13-10-22(11-14-31)36-23-8-9-24(28)25(29)16-23/h4-6,8-9,15-16,21-22,26H,2-3,7,10-14,17H2,1H3,(H,30,33)(H,34,35). The first-order valence-corrected chi connectivity index (χ1v) is 13.3. The quantitative estimate of drug-likeness (QED) is 0.467. The van der Waals surface area contributed by atoms with E-state index >= 15 is 0 Å². The summed E-state index contributed by atoms with van der Waals surface area (Å²) in [6, 6.07) is 11.9. The van der Waals surface area contributed by atoms with Gasteiger partial charge < -0.3 is 20.1 Å². The highest BCUT2D eigenvalue weighted by Gasteiger charge is 2.36. The van der Waals surface area contributed by atoms with E-state index in [9.17, 15) is 14.7 Å². The third-order valence-corrected chi connectivity index (χ3v) is 7.70. The molecule has 2 saturated heterocycles. The number of amides is 1. The van der Waals surface area contributed by atoms with E-state index in [4.69, 9.17) is 27.9 Å². The predicted octanol–water partition coefficient (Wildman–Crippen LogP) is 5.48. The molecule has 0 bridgehead atoms. The molecule has 0 radical (unpaired) electrons. The predicted molar refractivity (Wildman–Crippen MR) is 142 cm³/mol. The molecule has 2 aromatic rings. The van der Waals surface area contributed by atoms with Crippen molar-refractivity contribution in [3.05, 3.63) is 58.1 Å². The fraction of sp³-hybridized carbons (Fsp3) is 0.481. The van der Waals surface area contributed by atoms with Crippen molar-refractivity contribution < 1.29 is 19.4 Å². The molecule has 0 spiro atoms. The van der Waals surface area contributed by atoms with Gasteiger partial charge in [-0.3, -0.25) is 14.5 Å². The lowest BCUT2D eigenvalue weighted by molar-refractivity contribution is -0.145. The molecule has 2 aromatic carbocycles. The summed E-state index contributed by atoms with van der Waals surface area (Å²) in [7, 11) is 0. The largest absolute Gasteiger partial charge is 0.490 e. The molecule has 2 N–H and O–H groups in total. The van der Waals surface area contributed by atoms with E-state index < -0.39 is 12.0 Å². The average Bonchev–Trinajstić information content (AvgIpc) is 2.83. The Bertz CT molecular complexity index is 1070. The molecule has 0 saturated carbocycles. The summed E-state index contributed by atoms with van der Waals surface area (Å²) >= 11 is 12.1. The molecule has 0 aromatic heterocycles. The van der Waals surface area contributed by atoms with Crippen LogP contribution >= 0.6 is 23.2 Å². The Morgan fingerprint density at radius 3 is 2.53 bits per heavy atom. The van der Waals surface area contributed by atoms with Gasteiger partial charge in [-0.2, -0.15) is 0 Å². The van der Waals surface area contributed by atoms with Gasteiger partial charge in [-0.25, -0.2) is 0 Å². The van der Waals surface area contributed by atoms with E-state index in [2.05, 4.69) is 15.1 Å². The summed E-state index contributed by atoms with van der Waals surface area (Å²) in [6.45, 7) is 4.80. The summed E-state index contributed by atoms with van der Waals surface area (Å²) in [5.74, 6) is -0.316. The van der Waals surface area contributed by atoms with Crippen molar-refractivity contribution in [3.8, 4) is 5.75 Å². The molecule has 2 aliphatic heterocycles. The summed E-state index contributed by atoms with van der Waals surface area (Å²) in [5, 5.41) is 14.0. The number of piperidine rings is 2. The van der Waals surface area contributed by atoms with Crippen molar-refractivity contribution in [2.45, 2.75) is 57.2 Å². The topological polar surface area (TPSA) is 82.1 Å². The smallest absolute Gasteiger partial charge is 0.325 e. The van der Waals surface area contributed by atoms with Gasteiger partial charge in [0, 0.05) is 44.4 Å². The second-order valence-electron chi connectivity index (χ2n) is 9.63. The minimum atomic E-state index is -0.865. The van der Waals surface area contributed by atoms with Crippen molar-refractivity contribution >= 4 is 40.8 Å². The Hall–Kier alpha value is -2.32. The van der Waals surface area contributed by atoms with E-state index in [1.165, 1.54) is 6.92 Å². The van der Waals surface area contributed by atoms with Crippen LogP contribution < -0.4 is 10.1 Å². The third kappa shape index (κ3) is 6.91. The fourth-order valence-corrected chi connectivity index (χ4v) is 5.56. The summed E-state index contributed by atoms with van der Waals surface area (Å²) < 4.78 is 6.13. The Morgan fingerprint density at radius 1 is 1.06 bits per heavy atom. The Kier molecular flexibility index (Phi) is 9.12. The first-order valence-electron chi connectivity index (χ1n) is 12.5. The van der Waals surface area contributed by atoms with Crippen LogP contribution in [0.25, 0.3) is 0 Å². The van der Waals surface area contributed by atoms with Crippen LogP contribution in [-0.2, 0) is 9.59 Å².